The van der Waals surface area contributed by atoms with Gasteiger partial charge in [-0.15, -0.1) is 0 Å². The molecule has 24 heavy (non-hydrogen) atoms. The third-order valence-electron chi connectivity index (χ3n) is 3.07. The lowest BCUT2D eigenvalue weighted by Gasteiger charge is -2.11. The Kier molecular flexibility index (Phi) is 5.98. The molecule has 0 saturated heterocycles. The standard InChI is InChI=1S/C18H17ClN2O3/c1-12(22)20-16-11-15(8-9-17(16)24-2)21-18(23)10-5-13-3-6-14(19)7-4-13/h3-11H,1-2H3,(H,20,22)(H,21,23)/b10-5+. The first-order valence-corrected chi connectivity index (χ1v) is 7.56. The van der Waals surface area contributed by atoms with Gasteiger partial charge in [0.1, 0.15) is 5.75 Å². The van der Waals surface area contributed by atoms with E-state index in [1.807, 2.05) is 12.1 Å². The first-order chi connectivity index (χ1) is 11.5. The topological polar surface area (TPSA) is 67.4 Å². The van der Waals surface area contributed by atoms with Gasteiger partial charge in [0.25, 0.3) is 0 Å². The molecule has 124 valence electrons. The summed E-state index contributed by atoms with van der Waals surface area (Å²) in [5, 5.41) is 6.02. The van der Waals surface area contributed by atoms with Gasteiger partial charge in [-0.2, -0.15) is 0 Å². The fourth-order valence-electron chi connectivity index (χ4n) is 2.00. The number of hydrogen-bond acceptors (Lipinski definition) is 3. The fourth-order valence-corrected chi connectivity index (χ4v) is 2.13. The van der Waals surface area contributed by atoms with Crippen molar-refractivity contribution >= 4 is 40.9 Å². The van der Waals surface area contributed by atoms with Crippen LogP contribution in [0.3, 0.4) is 0 Å². The van der Waals surface area contributed by atoms with Gasteiger partial charge in [-0.25, -0.2) is 0 Å². The molecule has 0 spiro atoms. The van der Waals surface area contributed by atoms with Gasteiger partial charge in [0, 0.05) is 23.7 Å². The van der Waals surface area contributed by atoms with Crippen LogP contribution in [0.15, 0.2) is 48.5 Å². The lowest BCUT2D eigenvalue weighted by atomic mass is 10.2. The van der Waals surface area contributed by atoms with Crippen LogP contribution in [0.5, 0.6) is 5.75 Å². The number of methoxy groups -OCH3 is 1. The first kappa shape index (κ1) is 17.6. The van der Waals surface area contributed by atoms with Crippen LogP contribution in [0.2, 0.25) is 5.02 Å². The largest absolute Gasteiger partial charge is 0.495 e. The van der Waals surface area contributed by atoms with Gasteiger partial charge >= 0.3 is 0 Å². The van der Waals surface area contributed by atoms with E-state index < -0.39 is 0 Å². The first-order valence-electron chi connectivity index (χ1n) is 7.18. The smallest absolute Gasteiger partial charge is 0.248 e. The molecule has 5 nitrogen and oxygen atoms in total. The van der Waals surface area contributed by atoms with Gasteiger partial charge in [0.05, 0.1) is 12.8 Å². The van der Waals surface area contributed by atoms with Gasteiger partial charge in [-0.1, -0.05) is 23.7 Å². The highest BCUT2D eigenvalue weighted by molar-refractivity contribution is 6.30. The summed E-state index contributed by atoms with van der Waals surface area (Å²) in [6.07, 6.45) is 3.11. The van der Waals surface area contributed by atoms with Crippen molar-refractivity contribution in [3.8, 4) is 5.75 Å². The van der Waals surface area contributed by atoms with Crippen molar-refractivity contribution in [3.63, 3.8) is 0 Å². The molecule has 0 radical (unpaired) electrons. The minimum Gasteiger partial charge on any atom is -0.495 e. The molecule has 0 aliphatic carbocycles. The normalized spacial score (nSPS) is 10.5. The van der Waals surface area contributed by atoms with Crippen LogP contribution in [0.4, 0.5) is 11.4 Å². The van der Waals surface area contributed by atoms with Gasteiger partial charge in [-0.3, -0.25) is 9.59 Å². The average molecular weight is 345 g/mol. The van der Waals surface area contributed by atoms with Crippen LogP contribution in [-0.2, 0) is 9.59 Å². The van der Waals surface area contributed by atoms with E-state index in [0.29, 0.717) is 22.1 Å². The lowest BCUT2D eigenvalue weighted by molar-refractivity contribution is -0.114. The molecule has 0 unspecified atom stereocenters. The van der Waals surface area contributed by atoms with Crippen LogP contribution in [0.1, 0.15) is 12.5 Å². The molecule has 2 aromatic carbocycles. The maximum atomic E-state index is 12.0. The lowest BCUT2D eigenvalue weighted by Crippen LogP contribution is -2.10. The Bertz CT molecular complexity index is 770. The number of amides is 2. The summed E-state index contributed by atoms with van der Waals surface area (Å²) in [6, 6.07) is 12.1. The summed E-state index contributed by atoms with van der Waals surface area (Å²) in [4.78, 5) is 23.2. The van der Waals surface area contributed by atoms with E-state index in [1.54, 1.807) is 36.4 Å². The SMILES string of the molecule is COc1ccc(NC(=O)/C=C/c2ccc(Cl)cc2)cc1NC(C)=O. The van der Waals surface area contributed by atoms with Crippen LogP contribution >= 0.6 is 11.6 Å². The molecule has 2 amide bonds. The monoisotopic (exact) mass is 344 g/mol. The number of rotatable bonds is 5. The third-order valence-corrected chi connectivity index (χ3v) is 3.33. The molecule has 0 saturated carbocycles. The van der Waals surface area contributed by atoms with Gasteiger partial charge in [0.2, 0.25) is 11.8 Å². The number of carbonyl (C=O) groups excluding carboxylic acids is 2. The van der Waals surface area contributed by atoms with Crippen molar-refractivity contribution in [1.29, 1.82) is 0 Å². The second kappa shape index (κ2) is 8.17. The Morgan fingerprint density at radius 3 is 2.42 bits per heavy atom. The van der Waals surface area contributed by atoms with Crippen LogP contribution in [0.25, 0.3) is 6.08 Å². The van der Waals surface area contributed by atoms with E-state index in [-0.39, 0.29) is 11.8 Å². The molecule has 2 N–H and O–H groups in total. The number of ether oxygens (including phenoxy) is 1. The summed E-state index contributed by atoms with van der Waals surface area (Å²) in [7, 11) is 1.51. The number of benzene rings is 2. The Morgan fingerprint density at radius 2 is 1.79 bits per heavy atom. The highest BCUT2D eigenvalue weighted by Crippen LogP contribution is 2.27. The zero-order valence-corrected chi connectivity index (χ0v) is 14.1. The predicted molar refractivity (Wildman–Crippen MR) is 96.4 cm³/mol. The highest BCUT2D eigenvalue weighted by Gasteiger charge is 2.07. The minimum absolute atomic E-state index is 0.223. The number of carbonyl (C=O) groups is 2. The second-order valence-corrected chi connectivity index (χ2v) is 5.41. The molecule has 0 heterocycles. The van der Waals surface area contributed by atoms with Crippen molar-refractivity contribution in [2.45, 2.75) is 6.92 Å². The Morgan fingerprint density at radius 1 is 1.08 bits per heavy atom. The Balaban J connectivity index is 2.08. The predicted octanol–water partition coefficient (Wildman–Crippen LogP) is 3.96. The summed E-state index contributed by atoms with van der Waals surface area (Å²) in [5.41, 5.74) is 1.90. The maximum absolute atomic E-state index is 12.0. The molecule has 0 atom stereocenters. The van der Waals surface area contributed by atoms with E-state index in [0.717, 1.165) is 5.56 Å². The van der Waals surface area contributed by atoms with Gasteiger partial charge < -0.3 is 15.4 Å². The van der Waals surface area contributed by atoms with Gasteiger partial charge in [0.15, 0.2) is 0 Å². The maximum Gasteiger partial charge on any atom is 0.248 e. The van der Waals surface area contributed by atoms with E-state index in [9.17, 15) is 9.59 Å². The number of halogens is 1. The molecule has 2 aromatic rings. The summed E-state index contributed by atoms with van der Waals surface area (Å²) in [6.45, 7) is 1.40. The molecule has 0 aliphatic rings. The zero-order chi connectivity index (χ0) is 17.5. The quantitative estimate of drug-likeness (QED) is 0.807. The van der Waals surface area contributed by atoms with Crippen LogP contribution in [-0.4, -0.2) is 18.9 Å². The summed E-state index contributed by atoms with van der Waals surface area (Å²) in [5.74, 6) is 0.00297. The zero-order valence-electron chi connectivity index (χ0n) is 13.3. The molecule has 0 aliphatic heterocycles. The second-order valence-electron chi connectivity index (χ2n) is 4.97. The molecule has 2 rings (SSSR count). The van der Waals surface area contributed by atoms with Crippen molar-refractivity contribution in [1.82, 2.24) is 0 Å². The third kappa shape index (κ3) is 5.14. The molecular formula is C18H17ClN2O3. The minimum atomic E-state index is -0.288. The molecule has 0 aromatic heterocycles. The number of nitrogens with one attached hydrogen (secondary N) is 2. The van der Waals surface area contributed by atoms with E-state index in [2.05, 4.69) is 10.6 Å². The number of anilines is 2. The molecule has 6 heteroatoms. The van der Waals surface area contributed by atoms with Crippen molar-refractivity contribution in [3.05, 3.63) is 59.1 Å². The molecular weight excluding hydrogens is 328 g/mol. The van der Waals surface area contributed by atoms with Crippen LogP contribution < -0.4 is 15.4 Å². The Hall–Kier alpha value is -2.79. The molecule has 0 bridgehead atoms. The Labute approximate surface area is 145 Å². The van der Waals surface area contributed by atoms with Crippen molar-refractivity contribution < 1.29 is 14.3 Å². The highest BCUT2D eigenvalue weighted by atomic mass is 35.5. The van der Waals surface area contributed by atoms with Gasteiger partial charge in [-0.05, 0) is 42.0 Å². The van der Waals surface area contributed by atoms with E-state index in [1.165, 1.54) is 20.1 Å². The summed E-state index contributed by atoms with van der Waals surface area (Å²) < 4.78 is 5.17. The van der Waals surface area contributed by atoms with Crippen LogP contribution in [0, 0.1) is 0 Å². The number of hydrogen-bond donors (Lipinski definition) is 2. The van der Waals surface area contributed by atoms with E-state index in [4.69, 9.17) is 16.3 Å². The fraction of sp³-hybridized carbons (Fsp3) is 0.111. The van der Waals surface area contributed by atoms with Crippen molar-refractivity contribution in [2.24, 2.45) is 0 Å². The average Bonchev–Trinajstić information content (AvgIpc) is 2.54. The molecule has 0 fully saturated rings. The van der Waals surface area contributed by atoms with Crippen molar-refractivity contribution in [2.75, 3.05) is 17.7 Å². The summed E-state index contributed by atoms with van der Waals surface area (Å²) >= 11 is 5.81. The van der Waals surface area contributed by atoms with E-state index >= 15 is 0 Å².